The maximum absolute atomic E-state index is 9.52. The molecule has 4 rings (SSSR count). The van der Waals surface area contributed by atoms with Crippen LogP contribution >= 0.6 is 15.9 Å². The van der Waals surface area contributed by atoms with Crippen LogP contribution in [-0.4, -0.2) is 38.8 Å². The number of nitrogens with zero attached hydrogens (tertiary/aromatic N) is 2. The highest BCUT2D eigenvalue weighted by molar-refractivity contribution is 9.10. The molecule has 150 valence electrons. The number of hydrogen-bond donors (Lipinski definition) is 0. The number of benzene rings is 3. The van der Waals surface area contributed by atoms with Crippen LogP contribution < -0.4 is 14.2 Å². The number of fused-ring (bicyclic) bond motifs is 3. The molecule has 0 aliphatic carbocycles. The van der Waals surface area contributed by atoms with Crippen molar-refractivity contribution in [3.8, 4) is 23.3 Å². The zero-order valence-electron chi connectivity index (χ0n) is 16.8. The van der Waals surface area contributed by atoms with Gasteiger partial charge in [-0.1, -0.05) is 0 Å². The highest BCUT2D eigenvalue weighted by Gasteiger charge is 2.26. The van der Waals surface area contributed by atoms with Crippen molar-refractivity contribution in [2.75, 3.05) is 27.9 Å². The summed E-state index contributed by atoms with van der Waals surface area (Å²) in [4.78, 5) is 2.26. The summed E-state index contributed by atoms with van der Waals surface area (Å²) in [5.74, 6) is 2.18. The minimum Gasteiger partial charge on any atom is -0.497 e. The minimum atomic E-state index is -0.0383. The molecule has 1 atom stereocenters. The van der Waals surface area contributed by atoms with E-state index in [0.29, 0.717) is 18.0 Å². The lowest BCUT2D eigenvalue weighted by Crippen LogP contribution is -2.27. The lowest BCUT2D eigenvalue weighted by atomic mass is 9.95. The molecule has 0 bridgehead atoms. The van der Waals surface area contributed by atoms with Crippen molar-refractivity contribution in [3.63, 3.8) is 0 Å². The van der Waals surface area contributed by atoms with Gasteiger partial charge in [0.2, 0.25) is 0 Å². The van der Waals surface area contributed by atoms with Gasteiger partial charge in [0.25, 0.3) is 0 Å². The molecule has 3 aromatic rings. The van der Waals surface area contributed by atoms with E-state index in [1.165, 1.54) is 0 Å². The first kappa shape index (κ1) is 19.8. The lowest BCUT2D eigenvalue weighted by Gasteiger charge is -2.23. The molecule has 0 saturated carbocycles. The number of hydrogen-bond acceptors (Lipinski definition) is 5. The van der Waals surface area contributed by atoms with Crippen LogP contribution in [0.5, 0.6) is 17.2 Å². The van der Waals surface area contributed by atoms with Crippen molar-refractivity contribution < 1.29 is 14.2 Å². The van der Waals surface area contributed by atoms with Gasteiger partial charge in [0, 0.05) is 11.0 Å². The van der Waals surface area contributed by atoms with E-state index < -0.39 is 0 Å². The Kier molecular flexibility index (Phi) is 5.53. The maximum atomic E-state index is 9.52. The van der Waals surface area contributed by atoms with Crippen LogP contribution in [0.15, 0.2) is 34.8 Å². The molecule has 0 radical (unpaired) electrons. The Bertz CT molecular complexity index is 1120. The van der Waals surface area contributed by atoms with E-state index in [2.05, 4.69) is 33.0 Å². The third-order valence-electron chi connectivity index (χ3n) is 5.74. The van der Waals surface area contributed by atoms with Crippen LogP contribution in [-0.2, 0) is 6.54 Å². The Morgan fingerprint density at radius 3 is 2.34 bits per heavy atom. The summed E-state index contributed by atoms with van der Waals surface area (Å²) in [5, 5.41) is 13.9. The molecule has 1 fully saturated rings. The second-order valence-electron chi connectivity index (χ2n) is 7.21. The second kappa shape index (κ2) is 8.10. The average Bonchev–Trinajstić information content (AvgIpc) is 3.22. The molecule has 3 aromatic carbocycles. The van der Waals surface area contributed by atoms with Crippen molar-refractivity contribution in [1.82, 2.24) is 4.90 Å². The van der Waals surface area contributed by atoms with Gasteiger partial charge in [-0.3, -0.25) is 4.90 Å². The number of methoxy groups -OCH3 is 3. The smallest absolute Gasteiger partial charge is 0.161 e. The van der Waals surface area contributed by atoms with Crippen LogP contribution in [0.3, 0.4) is 0 Å². The first-order valence-electron chi connectivity index (χ1n) is 9.58. The highest BCUT2D eigenvalue weighted by Crippen LogP contribution is 2.43. The van der Waals surface area contributed by atoms with E-state index in [0.717, 1.165) is 56.7 Å². The number of ether oxygens (including phenoxy) is 3. The minimum absolute atomic E-state index is 0.0383. The standard InChI is InChI=1S/C23H23BrN2O3/c1-27-15-6-7-16-17(9-15)18-10-21(28-2)22(29-3)11-19(18)20(23(16)24)13-26-8-4-5-14(26)12-25/h6-7,9-11,14H,4-5,8,13H2,1-3H3/t14-/m0/s1. The van der Waals surface area contributed by atoms with Gasteiger partial charge in [-0.2, -0.15) is 5.26 Å². The summed E-state index contributed by atoms with van der Waals surface area (Å²) in [6.45, 7) is 1.63. The molecule has 1 aliphatic heterocycles. The van der Waals surface area contributed by atoms with E-state index in [9.17, 15) is 5.26 Å². The van der Waals surface area contributed by atoms with Gasteiger partial charge in [-0.15, -0.1) is 0 Å². The maximum Gasteiger partial charge on any atom is 0.161 e. The van der Waals surface area contributed by atoms with Gasteiger partial charge >= 0.3 is 0 Å². The Morgan fingerprint density at radius 2 is 1.69 bits per heavy atom. The Balaban J connectivity index is 2.02. The third kappa shape index (κ3) is 3.39. The number of rotatable bonds is 5. The monoisotopic (exact) mass is 454 g/mol. The molecule has 6 heteroatoms. The molecule has 1 heterocycles. The Hall–Kier alpha value is -2.49. The van der Waals surface area contributed by atoms with Crippen molar-refractivity contribution >= 4 is 37.5 Å². The fraction of sp³-hybridized carbons (Fsp3) is 0.348. The molecule has 0 amide bonds. The first-order valence-corrected chi connectivity index (χ1v) is 10.4. The molecule has 0 unspecified atom stereocenters. The zero-order chi connectivity index (χ0) is 20.5. The van der Waals surface area contributed by atoms with E-state index in [1.54, 1.807) is 21.3 Å². The normalized spacial score (nSPS) is 16.9. The quantitative estimate of drug-likeness (QED) is 0.491. The molecular formula is C23H23BrN2O3. The van der Waals surface area contributed by atoms with Crippen molar-refractivity contribution in [1.29, 1.82) is 5.26 Å². The number of nitriles is 1. The molecule has 1 aliphatic rings. The summed E-state index contributed by atoms with van der Waals surface area (Å²) < 4.78 is 17.6. The number of halogens is 1. The third-order valence-corrected chi connectivity index (χ3v) is 6.65. The van der Waals surface area contributed by atoms with Gasteiger partial charge in [0.05, 0.1) is 33.4 Å². The molecule has 0 spiro atoms. The molecular weight excluding hydrogens is 432 g/mol. The lowest BCUT2D eigenvalue weighted by molar-refractivity contribution is 0.287. The Morgan fingerprint density at radius 1 is 1.00 bits per heavy atom. The summed E-state index contributed by atoms with van der Waals surface area (Å²) in [6.07, 6.45) is 1.98. The van der Waals surface area contributed by atoms with Gasteiger partial charge in [-0.05, 0) is 92.8 Å². The molecule has 0 N–H and O–H groups in total. The van der Waals surface area contributed by atoms with Gasteiger partial charge in [0.15, 0.2) is 11.5 Å². The van der Waals surface area contributed by atoms with E-state index in [4.69, 9.17) is 14.2 Å². The molecule has 29 heavy (non-hydrogen) atoms. The van der Waals surface area contributed by atoms with Gasteiger partial charge in [0.1, 0.15) is 5.75 Å². The van der Waals surface area contributed by atoms with Gasteiger partial charge < -0.3 is 14.2 Å². The summed E-state index contributed by atoms with van der Waals surface area (Å²) in [6, 6.07) is 12.6. The molecule has 5 nitrogen and oxygen atoms in total. The van der Waals surface area contributed by atoms with Crippen LogP contribution in [0.2, 0.25) is 0 Å². The summed E-state index contributed by atoms with van der Waals surface area (Å²) in [7, 11) is 4.97. The fourth-order valence-electron chi connectivity index (χ4n) is 4.22. The van der Waals surface area contributed by atoms with Crippen molar-refractivity contribution in [2.24, 2.45) is 0 Å². The molecule has 0 aromatic heterocycles. The SMILES string of the molecule is COc1ccc2c(Br)c(CN3CCC[C@H]3C#N)c3cc(OC)c(OC)cc3c2c1. The van der Waals surface area contributed by atoms with Crippen LogP contribution in [0.25, 0.3) is 21.5 Å². The highest BCUT2D eigenvalue weighted by atomic mass is 79.9. The van der Waals surface area contributed by atoms with Crippen LogP contribution in [0.4, 0.5) is 0 Å². The number of likely N-dealkylation sites (tertiary alicyclic amines) is 1. The predicted molar refractivity (Wildman–Crippen MR) is 118 cm³/mol. The van der Waals surface area contributed by atoms with Crippen LogP contribution in [0.1, 0.15) is 18.4 Å². The predicted octanol–water partition coefficient (Wildman–Crippen LogP) is 5.27. The molecule has 1 saturated heterocycles. The van der Waals surface area contributed by atoms with Crippen LogP contribution in [0, 0.1) is 11.3 Å². The van der Waals surface area contributed by atoms with Gasteiger partial charge in [-0.25, -0.2) is 0 Å². The fourth-order valence-corrected chi connectivity index (χ4v) is 4.90. The topological polar surface area (TPSA) is 54.7 Å². The summed E-state index contributed by atoms with van der Waals surface area (Å²) >= 11 is 3.86. The van der Waals surface area contributed by atoms with Crippen molar-refractivity contribution in [2.45, 2.75) is 25.4 Å². The van der Waals surface area contributed by atoms with Crippen molar-refractivity contribution in [3.05, 3.63) is 40.4 Å². The Labute approximate surface area is 178 Å². The van der Waals surface area contributed by atoms with E-state index >= 15 is 0 Å². The van der Waals surface area contributed by atoms with E-state index in [-0.39, 0.29) is 6.04 Å². The average molecular weight is 455 g/mol. The first-order chi connectivity index (χ1) is 14.1. The summed E-state index contributed by atoms with van der Waals surface area (Å²) in [5.41, 5.74) is 1.15. The largest absolute Gasteiger partial charge is 0.497 e. The zero-order valence-corrected chi connectivity index (χ0v) is 18.4. The van der Waals surface area contributed by atoms with E-state index in [1.807, 2.05) is 24.3 Å². The second-order valence-corrected chi connectivity index (χ2v) is 8.01.